The molecule has 0 N–H and O–H groups in total. The third-order valence-corrected chi connectivity index (χ3v) is 4.85. The molecule has 0 spiro atoms. The SMILES string of the molecule is CN(Cc1nc(-c2cccc(Cl)c2)no1)Cc1ccc(Br)s1. The van der Waals surface area contributed by atoms with E-state index in [1.54, 1.807) is 11.3 Å². The molecule has 0 saturated carbocycles. The third-order valence-electron chi connectivity index (χ3n) is 3.01. The van der Waals surface area contributed by atoms with E-state index >= 15 is 0 Å². The quantitative estimate of drug-likeness (QED) is 0.616. The Balaban J connectivity index is 1.66. The predicted octanol–water partition coefficient (Wildman–Crippen LogP) is 4.85. The number of hydrogen-bond acceptors (Lipinski definition) is 5. The lowest BCUT2D eigenvalue weighted by Gasteiger charge is -2.12. The summed E-state index contributed by atoms with van der Waals surface area (Å²) in [5.41, 5.74) is 0.854. The minimum Gasteiger partial charge on any atom is -0.338 e. The summed E-state index contributed by atoms with van der Waals surface area (Å²) in [7, 11) is 2.02. The summed E-state index contributed by atoms with van der Waals surface area (Å²) in [6, 6.07) is 11.6. The standard InChI is InChI=1S/C15H13BrClN3OS/c1-20(8-12-5-6-13(16)22-12)9-14-18-15(19-21-14)10-3-2-4-11(17)7-10/h2-7H,8-9H2,1H3. The largest absolute Gasteiger partial charge is 0.338 e. The molecule has 0 aliphatic carbocycles. The monoisotopic (exact) mass is 397 g/mol. The number of rotatable bonds is 5. The molecule has 114 valence electrons. The second-order valence-electron chi connectivity index (χ2n) is 4.90. The zero-order valence-corrected chi connectivity index (χ0v) is 15.0. The van der Waals surface area contributed by atoms with Crippen molar-refractivity contribution in [3.05, 3.63) is 56.0 Å². The maximum atomic E-state index is 5.98. The van der Waals surface area contributed by atoms with Crippen LogP contribution in [0.5, 0.6) is 0 Å². The van der Waals surface area contributed by atoms with E-state index in [1.807, 2.05) is 31.3 Å². The van der Waals surface area contributed by atoms with Gasteiger partial charge in [0.2, 0.25) is 11.7 Å². The van der Waals surface area contributed by atoms with E-state index in [-0.39, 0.29) is 0 Å². The Kier molecular flexibility index (Phi) is 4.93. The molecular weight excluding hydrogens is 386 g/mol. The first kappa shape index (κ1) is 15.7. The summed E-state index contributed by atoms with van der Waals surface area (Å²) >= 11 is 11.2. The predicted molar refractivity (Wildman–Crippen MR) is 91.9 cm³/mol. The van der Waals surface area contributed by atoms with Crippen LogP contribution in [0.4, 0.5) is 0 Å². The lowest BCUT2D eigenvalue weighted by molar-refractivity contribution is 0.262. The number of halogens is 2. The van der Waals surface area contributed by atoms with Crippen LogP contribution in [0, 0.1) is 0 Å². The number of aromatic nitrogens is 2. The van der Waals surface area contributed by atoms with Crippen LogP contribution in [-0.2, 0) is 13.1 Å². The Hall–Kier alpha value is -1.21. The van der Waals surface area contributed by atoms with Crippen LogP contribution in [0.15, 0.2) is 44.7 Å². The van der Waals surface area contributed by atoms with Crippen molar-refractivity contribution in [3.63, 3.8) is 0 Å². The van der Waals surface area contributed by atoms with Gasteiger partial charge in [-0.25, -0.2) is 0 Å². The lowest BCUT2D eigenvalue weighted by atomic mass is 10.2. The van der Waals surface area contributed by atoms with Crippen molar-refractivity contribution in [1.82, 2.24) is 15.0 Å². The summed E-state index contributed by atoms with van der Waals surface area (Å²) in [6.45, 7) is 1.44. The molecule has 0 radical (unpaired) electrons. The van der Waals surface area contributed by atoms with E-state index in [1.165, 1.54) is 4.88 Å². The van der Waals surface area contributed by atoms with Gasteiger partial charge in [0.05, 0.1) is 10.3 Å². The number of benzene rings is 1. The van der Waals surface area contributed by atoms with Crippen molar-refractivity contribution in [2.45, 2.75) is 13.1 Å². The van der Waals surface area contributed by atoms with E-state index in [2.05, 4.69) is 43.1 Å². The van der Waals surface area contributed by atoms with Gasteiger partial charge in [-0.2, -0.15) is 4.98 Å². The Bertz CT molecular complexity index is 774. The van der Waals surface area contributed by atoms with Crippen molar-refractivity contribution in [3.8, 4) is 11.4 Å². The maximum absolute atomic E-state index is 5.98. The molecule has 0 aliphatic heterocycles. The number of nitrogens with zero attached hydrogens (tertiary/aromatic N) is 3. The summed E-state index contributed by atoms with van der Waals surface area (Å²) in [5.74, 6) is 1.15. The fourth-order valence-electron chi connectivity index (χ4n) is 2.05. The fraction of sp³-hybridized carbons (Fsp3) is 0.200. The fourth-order valence-corrected chi connectivity index (χ4v) is 3.81. The summed E-state index contributed by atoms with van der Waals surface area (Å²) in [4.78, 5) is 7.84. The van der Waals surface area contributed by atoms with Crippen LogP contribution in [0.1, 0.15) is 10.8 Å². The Morgan fingerprint density at radius 3 is 2.86 bits per heavy atom. The Morgan fingerprint density at radius 2 is 2.14 bits per heavy atom. The van der Waals surface area contributed by atoms with Crippen molar-refractivity contribution in [2.75, 3.05) is 7.05 Å². The topological polar surface area (TPSA) is 42.2 Å². The molecule has 0 atom stereocenters. The van der Waals surface area contributed by atoms with Gasteiger partial charge in [0.25, 0.3) is 0 Å². The average molecular weight is 399 g/mol. The van der Waals surface area contributed by atoms with Gasteiger partial charge in [-0.05, 0) is 47.2 Å². The first-order valence-electron chi connectivity index (χ1n) is 6.61. The van der Waals surface area contributed by atoms with E-state index in [0.717, 1.165) is 15.9 Å². The molecule has 7 heteroatoms. The van der Waals surface area contributed by atoms with E-state index in [0.29, 0.717) is 23.3 Å². The van der Waals surface area contributed by atoms with Crippen LogP contribution >= 0.6 is 38.9 Å². The van der Waals surface area contributed by atoms with Crippen molar-refractivity contribution in [1.29, 1.82) is 0 Å². The highest BCUT2D eigenvalue weighted by atomic mass is 79.9. The highest BCUT2D eigenvalue weighted by Gasteiger charge is 2.12. The zero-order chi connectivity index (χ0) is 15.5. The van der Waals surface area contributed by atoms with Gasteiger partial charge in [0.1, 0.15) is 0 Å². The molecule has 4 nitrogen and oxygen atoms in total. The summed E-state index contributed by atoms with van der Waals surface area (Å²) in [6.07, 6.45) is 0. The lowest BCUT2D eigenvalue weighted by Crippen LogP contribution is -2.16. The van der Waals surface area contributed by atoms with Gasteiger partial charge >= 0.3 is 0 Å². The smallest absolute Gasteiger partial charge is 0.241 e. The van der Waals surface area contributed by atoms with Crippen molar-refractivity contribution in [2.24, 2.45) is 0 Å². The summed E-state index contributed by atoms with van der Waals surface area (Å²) < 4.78 is 6.46. The van der Waals surface area contributed by atoms with Gasteiger partial charge in [0, 0.05) is 22.0 Å². The molecular formula is C15H13BrClN3OS. The summed E-state index contributed by atoms with van der Waals surface area (Å²) in [5, 5.41) is 4.67. The van der Waals surface area contributed by atoms with Crippen LogP contribution in [0.3, 0.4) is 0 Å². The van der Waals surface area contributed by atoms with E-state index in [9.17, 15) is 0 Å². The molecule has 0 fully saturated rings. The minimum absolute atomic E-state index is 0.560. The maximum Gasteiger partial charge on any atom is 0.241 e. The molecule has 0 bridgehead atoms. The van der Waals surface area contributed by atoms with Crippen LogP contribution < -0.4 is 0 Å². The van der Waals surface area contributed by atoms with Gasteiger partial charge in [-0.1, -0.05) is 28.9 Å². The van der Waals surface area contributed by atoms with Gasteiger partial charge in [0.15, 0.2) is 0 Å². The van der Waals surface area contributed by atoms with Gasteiger partial charge < -0.3 is 4.52 Å². The zero-order valence-electron chi connectivity index (χ0n) is 11.8. The third kappa shape index (κ3) is 3.95. The van der Waals surface area contributed by atoms with Crippen LogP contribution in [-0.4, -0.2) is 22.1 Å². The van der Waals surface area contributed by atoms with Crippen molar-refractivity contribution >= 4 is 38.9 Å². The normalized spacial score (nSPS) is 11.3. The molecule has 3 aromatic rings. The first-order valence-corrected chi connectivity index (χ1v) is 8.60. The highest BCUT2D eigenvalue weighted by Crippen LogP contribution is 2.24. The molecule has 3 rings (SSSR count). The second-order valence-corrected chi connectivity index (χ2v) is 7.88. The van der Waals surface area contributed by atoms with Gasteiger partial charge in [-0.3, -0.25) is 4.90 Å². The molecule has 0 unspecified atom stereocenters. The average Bonchev–Trinajstić information content (AvgIpc) is 3.08. The molecule has 22 heavy (non-hydrogen) atoms. The Morgan fingerprint density at radius 1 is 1.27 bits per heavy atom. The molecule has 0 aliphatic rings. The number of hydrogen-bond donors (Lipinski definition) is 0. The molecule has 0 saturated heterocycles. The number of thiophene rings is 1. The molecule has 2 aromatic heterocycles. The van der Waals surface area contributed by atoms with Crippen LogP contribution in [0.2, 0.25) is 5.02 Å². The first-order chi connectivity index (χ1) is 10.6. The van der Waals surface area contributed by atoms with Gasteiger partial charge in [-0.15, -0.1) is 11.3 Å². The molecule has 0 amide bonds. The second kappa shape index (κ2) is 6.91. The highest BCUT2D eigenvalue weighted by molar-refractivity contribution is 9.11. The van der Waals surface area contributed by atoms with E-state index < -0.39 is 0 Å². The van der Waals surface area contributed by atoms with Crippen molar-refractivity contribution < 1.29 is 4.52 Å². The Labute approximate surface area is 145 Å². The van der Waals surface area contributed by atoms with Crippen LogP contribution in [0.25, 0.3) is 11.4 Å². The molecule has 1 aromatic carbocycles. The molecule has 2 heterocycles. The van der Waals surface area contributed by atoms with E-state index in [4.69, 9.17) is 16.1 Å². The minimum atomic E-state index is 0.560.